The summed E-state index contributed by atoms with van der Waals surface area (Å²) in [5, 5.41) is 0. The normalized spacial score (nSPS) is 19.0. The maximum atomic E-state index is 12.7. The summed E-state index contributed by atoms with van der Waals surface area (Å²) in [4.78, 5) is 17.2. The fraction of sp³-hybridized carbons (Fsp3) is 0.263. The molecule has 4 nitrogen and oxygen atoms in total. The van der Waals surface area contributed by atoms with Gasteiger partial charge in [-0.05, 0) is 54.3 Å². The van der Waals surface area contributed by atoms with Gasteiger partial charge in [-0.15, -0.1) is 0 Å². The molecular formula is C19H18N2O2S2. The first-order chi connectivity index (χ1) is 12.1. The van der Waals surface area contributed by atoms with Gasteiger partial charge in [0.15, 0.2) is 0 Å². The van der Waals surface area contributed by atoms with E-state index in [0.29, 0.717) is 15.8 Å². The van der Waals surface area contributed by atoms with E-state index >= 15 is 0 Å². The van der Waals surface area contributed by atoms with Gasteiger partial charge in [0.25, 0.3) is 5.91 Å². The zero-order valence-electron chi connectivity index (χ0n) is 13.9. The Morgan fingerprint density at radius 3 is 3.04 bits per heavy atom. The van der Waals surface area contributed by atoms with E-state index in [2.05, 4.69) is 30.1 Å². The topological polar surface area (TPSA) is 36.7 Å². The Balaban J connectivity index is 1.57. The first-order valence-electron chi connectivity index (χ1n) is 8.23. The van der Waals surface area contributed by atoms with Crippen LogP contribution in [-0.2, 0) is 17.8 Å². The molecule has 2 aliphatic heterocycles. The van der Waals surface area contributed by atoms with Crippen LogP contribution >= 0.6 is 24.0 Å². The minimum absolute atomic E-state index is 0.0544. The third-order valence-electron chi connectivity index (χ3n) is 4.52. The molecule has 1 fully saturated rings. The molecule has 4 rings (SSSR count). The van der Waals surface area contributed by atoms with Gasteiger partial charge in [-0.3, -0.25) is 9.69 Å². The highest BCUT2D eigenvalue weighted by Crippen LogP contribution is 2.35. The van der Waals surface area contributed by atoms with Crippen LogP contribution in [0.25, 0.3) is 6.08 Å². The predicted molar refractivity (Wildman–Crippen MR) is 105 cm³/mol. The number of furan rings is 1. The molecule has 6 heteroatoms. The van der Waals surface area contributed by atoms with E-state index in [4.69, 9.17) is 16.6 Å². The van der Waals surface area contributed by atoms with Crippen molar-refractivity contribution in [3.63, 3.8) is 0 Å². The predicted octanol–water partition coefficient (Wildman–Crippen LogP) is 4.06. The number of hydrogen-bond acceptors (Lipinski definition) is 5. The first-order valence-corrected chi connectivity index (χ1v) is 9.46. The molecule has 0 N–H and O–H groups in total. The third-order valence-corrected chi connectivity index (χ3v) is 5.90. The zero-order valence-corrected chi connectivity index (χ0v) is 15.5. The number of nitrogens with zero attached hydrogens (tertiary/aromatic N) is 2. The molecule has 3 heterocycles. The molecule has 1 aromatic carbocycles. The number of carbonyl (C=O) groups excluding carboxylic acids is 1. The van der Waals surface area contributed by atoms with Crippen molar-refractivity contribution in [1.29, 1.82) is 0 Å². The Morgan fingerprint density at radius 1 is 1.36 bits per heavy atom. The van der Waals surface area contributed by atoms with Gasteiger partial charge < -0.3 is 9.32 Å². The number of fused-ring (bicyclic) bond motifs is 1. The van der Waals surface area contributed by atoms with Crippen LogP contribution in [0.5, 0.6) is 0 Å². The number of carbonyl (C=O) groups is 1. The maximum Gasteiger partial charge on any atom is 0.266 e. The number of thiocarbonyl (C=S) groups is 1. The van der Waals surface area contributed by atoms with Crippen LogP contribution in [0.4, 0.5) is 5.69 Å². The average molecular weight is 370 g/mol. The second-order valence-corrected chi connectivity index (χ2v) is 7.94. The SMILES string of the molecule is CN1CCCc2cc(/C=C3/SC(=S)N(Cc4ccco4)C3=O)ccc21. The molecule has 0 atom stereocenters. The van der Waals surface area contributed by atoms with Crippen LogP contribution < -0.4 is 4.90 Å². The number of amides is 1. The van der Waals surface area contributed by atoms with Crippen LogP contribution in [0.2, 0.25) is 0 Å². The van der Waals surface area contributed by atoms with Crippen molar-refractivity contribution in [3.8, 4) is 0 Å². The standard InChI is InChI=1S/C19H18N2O2S2/c1-20-8-2-4-14-10-13(6-7-16(14)20)11-17-18(22)21(19(24)25-17)12-15-5-3-9-23-15/h3,5-7,9-11H,2,4,8,12H2,1H3/b17-11+. The van der Waals surface area contributed by atoms with E-state index in [-0.39, 0.29) is 5.91 Å². The maximum absolute atomic E-state index is 12.7. The fourth-order valence-corrected chi connectivity index (χ4v) is 4.50. The second-order valence-electron chi connectivity index (χ2n) is 6.26. The monoisotopic (exact) mass is 370 g/mol. The lowest BCUT2D eigenvalue weighted by atomic mass is 9.99. The van der Waals surface area contributed by atoms with Crippen LogP contribution in [0, 0.1) is 0 Å². The van der Waals surface area contributed by atoms with Gasteiger partial charge in [0.05, 0.1) is 17.7 Å². The van der Waals surface area contributed by atoms with E-state index in [0.717, 1.165) is 30.7 Å². The molecule has 0 saturated carbocycles. The zero-order chi connectivity index (χ0) is 17.4. The molecule has 0 bridgehead atoms. The summed E-state index contributed by atoms with van der Waals surface area (Å²) < 4.78 is 5.91. The van der Waals surface area contributed by atoms with Gasteiger partial charge in [-0.2, -0.15) is 0 Å². The van der Waals surface area contributed by atoms with Crippen molar-refractivity contribution in [2.75, 3.05) is 18.5 Å². The van der Waals surface area contributed by atoms with Crippen LogP contribution in [0.3, 0.4) is 0 Å². The summed E-state index contributed by atoms with van der Waals surface area (Å²) in [7, 11) is 2.12. The van der Waals surface area contributed by atoms with Gasteiger partial charge >= 0.3 is 0 Å². The van der Waals surface area contributed by atoms with E-state index in [1.165, 1.54) is 23.0 Å². The molecule has 1 aromatic heterocycles. The van der Waals surface area contributed by atoms with E-state index in [9.17, 15) is 4.79 Å². The highest BCUT2D eigenvalue weighted by Gasteiger charge is 2.32. The van der Waals surface area contributed by atoms with Crippen molar-refractivity contribution in [3.05, 3.63) is 58.4 Å². The van der Waals surface area contributed by atoms with Gasteiger partial charge in [0, 0.05) is 19.3 Å². The van der Waals surface area contributed by atoms with E-state index < -0.39 is 0 Å². The van der Waals surface area contributed by atoms with Crippen molar-refractivity contribution in [1.82, 2.24) is 4.90 Å². The summed E-state index contributed by atoms with van der Waals surface area (Å²) in [5.74, 6) is 0.676. The molecule has 0 unspecified atom stereocenters. The second kappa shape index (κ2) is 6.69. The number of rotatable bonds is 3. The summed E-state index contributed by atoms with van der Waals surface area (Å²) in [6.45, 7) is 1.47. The summed E-state index contributed by atoms with van der Waals surface area (Å²) in [5.41, 5.74) is 3.68. The molecule has 2 aromatic rings. The Kier molecular flexibility index (Phi) is 4.39. The van der Waals surface area contributed by atoms with Crippen molar-refractivity contribution in [2.45, 2.75) is 19.4 Å². The molecule has 0 radical (unpaired) electrons. The molecule has 1 amide bonds. The van der Waals surface area contributed by atoms with Crippen LogP contribution in [0.15, 0.2) is 45.9 Å². The number of thioether (sulfide) groups is 1. The van der Waals surface area contributed by atoms with E-state index in [1.807, 2.05) is 18.2 Å². The molecule has 2 aliphatic rings. The number of hydrogen-bond donors (Lipinski definition) is 0. The fourth-order valence-electron chi connectivity index (χ4n) is 3.24. The number of anilines is 1. The average Bonchev–Trinajstić information content (AvgIpc) is 3.20. The summed E-state index contributed by atoms with van der Waals surface area (Å²) in [6.07, 6.45) is 5.79. The highest BCUT2D eigenvalue weighted by molar-refractivity contribution is 8.26. The molecule has 25 heavy (non-hydrogen) atoms. The van der Waals surface area contributed by atoms with Crippen LogP contribution in [0.1, 0.15) is 23.3 Å². The van der Waals surface area contributed by atoms with Gasteiger partial charge in [0.2, 0.25) is 0 Å². The van der Waals surface area contributed by atoms with Gasteiger partial charge in [-0.1, -0.05) is 30.0 Å². The van der Waals surface area contributed by atoms with E-state index in [1.54, 1.807) is 11.2 Å². The smallest absolute Gasteiger partial charge is 0.266 e. The lowest BCUT2D eigenvalue weighted by molar-refractivity contribution is -0.122. The van der Waals surface area contributed by atoms with Crippen molar-refractivity contribution < 1.29 is 9.21 Å². The quantitative estimate of drug-likeness (QED) is 0.601. The minimum Gasteiger partial charge on any atom is -0.467 e. The Morgan fingerprint density at radius 2 is 2.24 bits per heavy atom. The Hall–Kier alpha value is -2.05. The summed E-state index contributed by atoms with van der Waals surface area (Å²) >= 11 is 6.73. The minimum atomic E-state index is -0.0544. The molecule has 0 aliphatic carbocycles. The largest absolute Gasteiger partial charge is 0.467 e. The molecule has 128 valence electrons. The third kappa shape index (κ3) is 3.24. The Bertz CT molecular complexity index is 858. The number of benzene rings is 1. The van der Waals surface area contributed by atoms with Crippen LogP contribution in [-0.4, -0.2) is 28.7 Å². The first kappa shape index (κ1) is 16.4. The molecular weight excluding hydrogens is 352 g/mol. The van der Waals surface area contributed by atoms with Crippen molar-refractivity contribution in [2.24, 2.45) is 0 Å². The van der Waals surface area contributed by atoms with Crippen molar-refractivity contribution >= 4 is 46.0 Å². The Labute approximate surface area is 156 Å². The highest BCUT2D eigenvalue weighted by atomic mass is 32.2. The lowest BCUT2D eigenvalue weighted by Gasteiger charge is -2.27. The van der Waals surface area contributed by atoms with Gasteiger partial charge in [-0.25, -0.2) is 0 Å². The molecule has 0 spiro atoms. The lowest BCUT2D eigenvalue weighted by Crippen LogP contribution is -2.27. The summed E-state index contributed by atoms with van der Waals surface area (Å²) in [6, 6.07) is 10.1. The number of aryl methyl sites for hydroxylation is 1. The van der Waals surface area contributed by atoms with Gasteiger partial charge in [0.1, 0.15) is 10.1 Å². The molecule has 1 saturated heterocycles.